The lowest BCUT2D eigenvalue weighted by Crippen LogP contribution is -2.53. The predicted molar refractivity (Wildman–Crippen MR) is 96.0 cm³/mol. The second-order valence-electron chi connectivity index (χ2n) is 8.23. The number of amides is 3. The fourth-order valence-electron chi connectivity index (χ4n) is 3.55. The van der Waals surface area contributed by atoms with E-state index in [1.54, 1.807) is 10.7 Å². The average molecular weight is 378 g/mol. The number of carbonyl (C=O) groups excluding carboxylic acids is 2. The summed E-state index contributed by atoms with van der Waals surface area (Å²) in [6.45, 7) is 4.58. The molecule has 0 aromatic carbocycles. The lowest BCUT2D eigenvalue weighted by atomic mass is 9.94. The Kier molecular flexibility index (Phi) is 3.79. The molecule has 3 atom stereocenters. The highest BCUT2D eigenvalue weighted by atomic mass is 32.2. The highest BCUT2D eigenvalue weighted by Gasteiger charge is 2.49. The van der Waals surface area contributed by atoms with Crippen LogP contribution in [0.2, 0.25) is 0 Å². The molecule has 4 aliphatic rings. The third kappa shape index (κ3) is 2.95. The van der Waals surface area contributed by atoms with Gasteiger partial charge < -0.3 is 0 Å². The molecule has 140 valence electrons. The van der Waals surface area contributed by atoms with Gasteiger partial charge in [-0.15, -0.1) is 0 Å². The number of carbonyl (C=O) groups is 2. The Hall–Kier alpha value is -1.80. The van der Waals surface area contributed by atoms with Crippen LogP contribution >= 0.6 is 0 Å². The second-order valence-corrected chi connectivity index (χ2v) is 9.92. The minimum Gasteiger partial charge on any atom is -0.245 e. The summed E-state index contributed by atoms with van der Waals surface area (Å²) in [6.07, 6.45) is 7.28. The molecule has 3 unspecified atom stereocenters. The van der Waals surface area contributed by atoms with Crippen LogP contribution in [0.1, 0.15) is 33.1 Å². The van der Waals surface area contributed by atoms with Crippen LogP contribution in [0.25, 0.3) is 0 Å². The Morgan fingerprint density at radius 3 is 2.54 bits per heavy atom. The molecule has 8 heteroatoms. The number of imide groups is 1. The van der Waals surface area contributed by atoms with E-state index in [0.29, 0.717) is 24.1 Å². The smallest absolute Gasteiger partial charge is 0.245 e. The van der Waals surface area contributed by atoms with Crippen molar-refractivity contribution >= 4 is 27.7 Å². The van der Waals surface area contributed by atoms with Crippen molar-refractivity contribution in [3.05, 3.63) is 23.1 Å². The Morgan fingerprint density at radius 2 is 1.96 bits per heavy atom. The summed E-state index contributed by atoms with van der Waals surface area (Å²) in [5, 5.41) is 0. The van der Waals surface area contributed by atoms with Crippen LogP contribution in [-0.4, -0.2) is 54.7 Å². The summed E-state index contributed by atoms with van der Waals surface area (Å²) in [5.74, 6) is -0.116. The molecule has 0 radical (unpaired) electrons. The molecule has 0 aromatic heterocycles. The number of urea groups is 1. The van der Waals surface area contributed by atoms with Crippen molar-refractivity contribution in [3.63, 3.8) is 0 Å². The Bertz CT molecular complexity index is 895. The van der Waals surface area contributed by atoms with Crippen LogP contribution in [0.5, 0.6) is 0 Å². The zero-order valence-electron chi connectivity index (χ0n) is 15.2. The molecule has 1 N–H and O–H groups in total. The van der Waals surface area contributed by atoms with E-state index in [2.05, 4.69) is 11.6 Å². The maximum absolute atomic E-state index is 12.6. The summed E-state index contributed by atoms with van der Waals surface area (Å²) < 4.78 is 29.6. The largest absolute Gasteiger partial charge is 0.500 e. The van der Waals surface area contributed by atoms with Gasteiger partial charge in [-0.2, -0.15) is 14.3 Å². The minimum atomic E-state index is -3.68. The molecule has 0 bridgehead atoms. The molecule has 2 fully saturated rings. The van der Waals surface area contributed by atoms with E-state index in [0.717, 1.165) is 24.2 Å². The van der Waals surface area contributed by atoms with Gasteiger partial charge in [0.1, 0.15) is 11.6 Å². The van der Waals surface area contributed by atoms with E-state index in [-0.39, 0.29) is 22.4 Å². The van der Waals surface area contributed by atoms with Crippen LogP contribution in [0.15, 0.2) is 23.1 Å². The maximum Gasteiger partial charge on any atom is 0.500 e. The third-order valence-electron chi connectivity index (χ3n) is 5.88. The van der Waals surface area contributed by atoms with Gasteiger partial charge in [0.25, 0.3) is 0 Å². The molecule has 0 spiro atoms. The van der Waals surface area contributed by atoms with Crippen LogP contribution in [0, 0.1) is 17.8 Å². The summed E-state index contributed by atoms with van der Waals surface area (Å²) in [5.41, 5.74) is 0.198. The third-order valence-corrected chi connectivity index (χ3v) is 7.53. The van der Waals surface area contributed by atoms with E-state index in [4.69, 9.17) is 0 Å². The van der Waals surface area contributed by atoms with Crippen molar-refractivity contribution in [1.29, 1.82) is 0 Å². The number of rotatable bonds is 5. The van der Waals surface area contributed by atoms with Crippen molar-refractivity contribution in [1.82, 2.24) is 9.62 Å². The van der Waals surface area contributed by atoms with Crippen molar-refractivity contribution in [2.24, 2.45) is 17.8 Å². The number of fused-ring (bicyclic) bond motifs is 1. The van der Waals surface area contributed by atoms with Gasteiger partial charge in [-0.05, 0) is 56.3 Å². The van der Waals surface area contributed by atoms with Crippen LogP contribution < -0.4 is 4.72 Å². The topological polar surface area (TPSA) is 86.6 Å². The second kappa shape index (κ2) is 5.60. The zero-order chi connectivity index (χ0) is 18.9. The van der Waals surface area contributed by atoms with E-state index in [9.17, 15) is 18.0 Å². The van der Waals surface area contributed by atoms with Crippen molar-refractivity contribution in [3.8, 4) is 0 Å². The Labute approximate surface area is 153 Å². The fraction of sp³-hybridized carbons (Fsp3) is 0.611. The minimum absolute atomic E-state index is 0.0928. The first kappa shape index (κ1) is 17.6. The highest BCUT2D eigenvalue weighted by molar-refractivity contribution is 7.93. The van der Waals surface area contributed by atoms with Gasteiger partial charge in [0.05, 0.1) is 18.5 Å². The van der Waals surface area contributed by atoms with Crippen LogP contribution in [0.4, 0.5) is 4.79 Å². The van der Waals surface area contributed by atoms with Gasteiger partial charge in [0, 0.05) is 5.54 Å². The average Bonchev–Trinajstić information content (AvgIpc) is 3.48. The quantitative estimate of drug-likeness (QED) is 0.729. The molecule has 1 heterocycles. The number of nitrogens with zero attached hydrogens (tertiary/aromatic N) is 2. The maximum atomic E-state index is 12.6. The van der Waals surface area contributed by atoms with Crippen molar-refractivity contribution in [2.75, 3.05) is 13.6 Å². The van der Waals surface area contributed by atoms with Gasteiger partial charge in [-0.1, -0.05) is 6.92 Å². The molecule has 4 rings (SSSR count). The van der Waals surface area contributed by atoms with Gasteiger partial charge in [-0.3, -0.25) is 0 Å². The number of allylic oxidation sites excluding steroid dienone is 2. The van der Waals surface area contributed by atoms with Gasteiger partial charge in [0.15, 0.2) is 0 Å². The molecule has 1 aliphatic heterocycles. The van der Waals surface area contributed by atoms with Gasteiger partial charge in [-0.25, -0.2) is 17.9 Å². The van der Waals surface area contributed by atoms with Gasteiger partial charge in [0.2, 0.25) is 10.0 Å². The first-order valence-corrected chi connectivity index (χ1v) is 10.5. The molecule has 0 saturated heterocycles. The first-order valence-electron chi connectivity index (χ1n) is 9.01. The summed E-state index contributed by atoms with van der Waals surface area (Å²) in [7, 11) is -2.23. The number of nitrogens with one attached hydrogen (secondary N) is 1. The van der Waals surface area contributed by atoms with E-state index in [1.165, 1.54) is 19.2 Å². The van der Waals surface area contributed by atoms with Crippen molar-refractivity contribution in [2.45, 2.75) is 38.6 Å². The highest BCUT2D eigenvalue weighted by Crippen LogP contribution is 2.39. The number of hydrogen-bond donors (Lipinski definition) is 1. The fourth-order valence-corrected chi connectivity index (χ4v) is 5.08. The lowest BCUT2D eigenvalue weighted by molar-refractivity contribution is -0.443. The first-order chi connectivity index (χ1) is 12.1. The number of sulfonamides is 1. The summed E-state index contributed by atoms with van der Waals surface area (Å²) in [4.78, 5) is 26.4. The predicted octanol–water partition coefficient (Wildman–Crippen LogP) is 1.23. The summed E-state index contributed by atoms with van der Waals surface area (Å²) >= 11 is 0. The Morgan fingerprint density at radius 1 is 1.31 bits per heavy atom. The standard InChI is InChI=1S/C18H24N3O4S/c1-11-8-12(11)10-21-15-5-4-13(26(24,25)19-18(2)6-7-18)9-14(15)16(22)20(3)17(21)23/h4-5,9,11-12,14,19H,6-8,10H2,1-3H3/q+1. The van der Waals surface area contributed by atoms with E-state index >= 15 is 0 Å². The monoisotopic (exact) mass is 378 g/mol. The van der Waals surface area contributed by atoms with Crippen LogP contribution in [-0.2, 0) is 14.8 Å². The molecule has 7 nitrogen and oxygen atoms in total. The van der Waals surface area contributed by atoms with E-state index in [1.807, 2.05) is 6.92 Å². The van der Waals surface area contributed by atoms with Crippen molar-refractivity contribution < 1.29 is 22.6 Å². The molecule has 2 saturated carbocycles. The van der Waals surface area contributed by atoms with E-state index < -0.39 is 15.9 Å². The summed E-state index contributed by atoms with van der Waals surface area (Å²) in [6, 6.07) is -0.340. The zero-order valence-corrected chi connectivity index (χ0v) is 16.0. The normalized spacial score (nSPS) is 32.5. The number of hydrogen-bond acceptors (Lipinski definition) is 4. The molecular formula is C18H24N3O4S+. The molecule has 0 aromatic rings. The molecule has 26 heavy (non-hydrogen) atoms. The molecule has 3 amide bonds. The molecular weight excluding hydrogens is 354 g/mol. The molecule has 3 aliphatic carbocycles. The van der Waals surface area contributed by atoms with Crippen LogP contribution in [0.3, 0.4) is 0 Å². The SMILES string of the molecule is CC1CC1C[N+]1=C2C=CC(S(=O)(=O)NC3(C)CC3)=CC2C(=O)N(C)C1=O. The lowest BCUT2D eigenvalue weighted by Gasteiger charge is -2.26. The van der Waals surface area contributed by atoms with Gasteiger partial charge >= 0.3 is 11.9 Å². The Balaban J connectivity index is 1.69.